The van der Waals surface area contributed by atoms with E-state index < -0.39 is 0 Å². The maximum absolute atomic E-state index is 12.0. The van der Waals surface area contributed by atoms with E-state index >= 15 is 0 Å². The topological polar surface area (TPSA) is 35.6 Å². The van der Waals surface area contributed by atoms with Gasteiger partial charge in [0.1, 0.15) is 0 Å². The molecule has 2 heterocycles. The van der Waals surface area contributed by atoms with Gasteiger partial charge in [0.25, 0.3) is 0 Å². The van der Waals surface area contributed by atoms with Crippen LogP contribution >= 0.6 is 0 Å². The first-order valence-corrected chi connectivity index (χ1v) is 6.43. The molecule has 0 atom stereocenters. The summed E-state index contributed by atoms with van der Waals surface area (Å²) < 4.78 is 0. The maximum atomic E-state index is 12.0. The average Bonchev–Trinajstić information content (AvgIpc) is 2.33. The number of amides is 1. The predicted octanol–water partition coefficient (Wildman–Crippen LogP) is 0.150. The molecule has 16 heavy (non-hydrogen) atoms. The highest BCUT2D eigenvalue weighted by Gasteiger charge is 2.23. The number of nitrogens with zero attached hydrogens (tertiary/aromatic N) is 2. The van der Waals surface area contributed by atoms with Gasteiger partial charge in [-0.25, -0.2) is 0 Å². The van der Waals surface area contributed by atoms with Gasteiger partial charge in [0.15, 0.2) is 0 Å². The molecule has 2 aliphatic rings. The first-order chi connectivity index (χ1) is 7.75. The summed E-state index contributed by atoms with van der Waals surface area (Å²) >= 11 is 0. The van der Waals surface area contributed by atoms with Crippen molar-refractivity contribution in [2.45, 2.75) is 19.3 Å². The quantitative estimate of drug-likeness (QED) is 0.726. The van der Waals surface area contributed by atoms with Crippen LogP contribution in [0.15, 0.2) is 0 Å². The number of piperidine rings is 1. The lowest BCUT2D eigenvalue weighted by Gasteiger charge is -2.32. The zero-order valence-corrected chi connectivity index (χ0v) is 10.2. The Labute approximate surface area is 98.0 Å². The van der Waals surface area contributed by atoms with E-state index in [1.807, 2.05) is 4.90 Å². The van der Waals surface area contributed by atoms with Gasteiger partial charge in [-0.1, -0.05) is 0 Å². The number of rotatable bonds is 2. The lowest BCUT2D eigenvalue weighted by Crippen LogP contribution is -2.47. The Morgan fingerprint density at radius 2 is 1.81 bits per heavy atom. The summed E-state index contributed by atoms with van der Waals surface area (Å²) in [6, 6.07) is 0. The number of hydrogen-bond donors (Lipinski definition) is 1. The van der Waals surface area contributed by atoms with Gasteiger partial charge in [-0.15, -0.1) is 0 Å². The number of carbonyl (C=O) groups excluding carboxylic acids is 1. The SMILES string of the molecule is CN1CCC(CC(=O)N2CCNCC2)CC1. The monoisotopic (exact) mass is 225 g/mol. The van der Waals surface area contributed by atoms with Gasteiger partial charge in [-0.05, 0) is 38.9 Å². The van der Waals surface area contributed by atoms with Gasteiger partial charge in [-0.3, -0.25) is 4.79 Å². The summed E-state index contributed by atoms with van der Waals surface area (Å²) in [5.41, 5.74) is 0. The summed E-state index contributed by atoms with van der Waals surface area (Å²) in [6.45, 7) is 6.01. The van der Waals surface area contributed by atoms with Gasteiger partial charge in [-0.2, -0.15) is 0 Å². The van der Waals surface area contributed by atoms with Crippen LogP contribution in [0.3, 0.4) is 0 Å². The summed E-state index contributed by atoms with van der Waals surface area (Å²) in [6.07, 6.45) is 3.15. The highest BCUT2D eigenvalue weighted by atomic mass is 16.2. The lowest BCUT2D eigenvalue weighted by atomic mass is 9.93. The van der Waals surface area contributed by atoms with Crippen molar-refractivity contribution in [3.8, 4) is 0 Å². The molecule has 0 spiro atoms. The smallest absolute Gasteiger partial charge is 0.222 e. The molecule has 0 aromatic carbocycles. The van der Waals surface area contributed by atoms with E-state index in [0.29, 0.717) is 11.8 Å². The minimum atomic E-state index is 0.371. The van der Waals surface area contributed by atoms with Crippen LogP contribution in [0.25, 0.3) is 0 Å². The van der Waals surface area contributed by atoms with Gasteiger partial charge in [0.2, 0.25) is 5.91 Å². The molecule has 0 aromatic rings. The molecule has 0 aliphatic carbocycles. The first-order valence-electron chi connectivity index (χ1n) is 6.43. The Morgan fingerprint density at radius 1 is 1.19 bits per heavy atom. The molecule has 4 heteroatoms. The van der Waals surface area contributed by atoms with Crippen molar-refractivity contribution in [3.05, 3.63) is 0 Å². The van der Waals surface area contributed by atoms with Gasteiger partial charge < -0.3 is 15.1 Å². The Hall–Kier alpha value is -0.610. The number of piperazine rings is 1. The molecule has 92 valence electrons. The molecule has 0 aromatic heterocycles. The van der Waals surface area contributed by atoms with E-state index in [2.05, 4.69) is 17.3 Å². The predicted molar refractivity (Wildman–Crippen MR) is 64.3 cm³/mol. The minimum absolute atomic E-state index is 0.371. The van der Waals surface area contributed by atoms with Crippen molar-refractivity contribution in [3.63, 3.8) is 0 Å². The van der Waals surface area contributed by atoms with Crippen LogP contribution in [0.2, 0.25) is 0 Å². The molecule has 0 unspecified atom stereocenters. The van der Waals surface area contributed by atoms with Crippen LogP contribution in [0.5, 0.6) is 0 Å². The summed E-state index contributed by atoms with van der Waals surface area (Å²) in [4.78, 5) is 16.4. The van der Waals surface area contributed by atoms with Gasteiger partial charge >= 0.3 is 0 Å². The molecule has 2 fully saturated rings. The lowest BCUT2D eigenvalue weighted by molar-refractivity contribution is -0.133. The van der Waals surface area contributed by atoms with Crippen LogP contribution in [0, 0.1) is 5.92 Å². The van der Waals surface area contributed by atoms with E-state index in [9.17, 15) is 4.79 Å². The highest BCUT2D eigenvalue weighted by Crippen LogP contribution is 2.20. The number of carbonyl (C=O) groups is 1. The van der Waals surface area contributed by atoms with E-state index in [1.54, 1.807) is 0 Å². The van der Waals surface area contributed by atoms with Crippen LogP contribution in [0.1, 0.15) is 19.3 Å². The summed E-state index contributed by atoms with van der Waals surface area (Å²) in [7, 11) is 2.16. The van der Waals surface area contributed by atoms with Crippen LogP contribution < -0.4 is 5.32 Å². The second-order valence-corrected chi connectivity index (χ2v) is 5.08. The maximum Gasteiger partial charge on any atom is 0.222 e. The second-order valence-electron chi connectivity index (χ2n) is 5.08. The Balaban J connectivity index is 1.73. The van der Waals surface area contributed by atoms with E-state index in [-0.39, 0.29) is 0 Å². The Morgan fingerprint density at radius 3 is 2.44 bits per heavy atom. The molecule has 2 rings (SSSR count). The molecule has 0 radical (unpaired) electrons. The number of likely N-dealkylation sites (tertiary alicyclic amines) is 1. The van der Waals surface area contributed by atoms with Crippen LogP contribution in [-0.2, 0) is 4.79 Å². The Bertz CT molecular complexity index is 230. The standard InChI is InChI=1S/C12H23N3O/c1-14-6-2-11(3-7-14)10-12(16)15-8-4-13-5-9-15/h11,13H,2-10H2,1H3. The minimum Gasteiger partial charge on any atom is -0.340 e. The Kier molecular flexibility index (Phi) is 4.18. The van der Waals surface area contributed by atoms with Crippen molar-refractivity contribution in [1.82, 2.24) is 15.1 Å². The largest absolute Gasteiger partial charge is 0.340 e. The fourth-order valence-corrected chi connectivity index (χ4v) is 2.56. The fraction of sp³-hybridized carbons (Fsp3) is 0.917. The van der Waals surface area contributed by atoms with Crippen molar-refractivity contribution in [1.29, 1.82) is 0 Å². The van der Waals surface area contributed by atoms with E-state index in [0.717, 1.165) is 45.7 Å². The summed E-state index contributed by atoms with van der Waals surface area (Å²) in [5.74, 6) is 0.995. The average molecular weight is 225 g/mol. The van der Waals surface area contributed by atoms with E-state index in [1.165, 1.54) is 12.8 Å². The van der Waals surface area contributed by atoms with Crippen molar-refractivity contribution >= 4 is 5.91 Å². The van der Waals surface area contributed by atoms with Crippen molar-refractivity contribution in [2.24, 2.45) is 5.92 Å². The molecule has 0 saturated carbocycles. The normalized spacial score (nSPS) is 24.7. The van der Waals surface area contributed by atoms with Crippen molar-refractivity contribution < 1.29 is 4.79 Å². The molecule has 4 nitrogen and oxygen atoms in total. The molecule has 1 N–H and O–H groups in total. The third-order valence-electron chi connectivity index (χ3n) is 3.77. The van der Waals surface area contributed by atoms with Crippen LogP contribution in [-0.4, -0.2) is 62.0 Å². The zero-order valence-electron chi connectivity index (χ0n) is 10.2. The zero-order chi connectivity index (χ0) is 11.4. The first kappa shape index (κ1) is 11.9. The molecule has 0 bridgehead atoms. The van der Waals surface area contributed by atoms with Crippen molar-refractivity contribution in [2.75, 3.05) is 46.3 Å². The van der Waals surface area contributed by atoms with Crippen LogP contribution in [0.4, 0.5) is 0 Å². The highest BCUT2D eigenvalue weighted by molar-refractivity contribution is 5.76. The van der Waals surface area contributed by atoms with Gasteiger partial charge in [0, 0.05) is 32.6 Å². The molecular weight excluding hydrogens is 202 g/mol. The summed E-state index contributed by atoms with van der Waals surface area (Å²) in [5, 5.41) is 3.28. The molecule has 2 saturated heterocycles. The molecule has 2 aliphatic heterocycles. The second kappa shape index (κ2) is 5.64. The third kappa shape index (κ3) is 3.19. The molecular formula is C12H23N3O. The fourth-order valence-electron chi connectivity index (χ4n) is 2.56. The van der Waals surface area contributed by atoms with E-state index in [4.69, 9.17) is 0 Å². The third-order valence-corrected chi connectivity index (χ3v) is 3.77. The molecule has 1 amide bonds. The number of nitrogens with one attached hydrogen (secondary N) is 1. The van der Waals surface area contributed by atoms with Gasteiger partial charge in [0.05, 0.1) is 0 Å². The number of hydrogen-bond acceptors (Lipinski definition) is 3.